The van der Waals surface area contributed by atoms with Crippen LogP contribution in [0.3, 0.4) is 0 Å². The lowest BCUT2D eigenvalue weighted by Crippen LogP contribution is -2.09. The molecule has 25 heavy (non-hydrogen) atoms. The van der Waals surface area contributed by atoms with E-state index in [2.05, 4.69) is 20.1 Å². The minimum absolute atomic E-state index is 0.0436. The van der Waals surface area contributed by atoms with E-state index in [0.717, 1.165) is 20.7 Å². The summed E-state index contributed by atoms with van der Waals surface area (Å²) in [5, 5.41) is 3.75. The summed E-state index contributed by atoms with van der Waals surface area (Å²) in [5.41, 5.74) is 5.19. The topological polar surface area (TPSA) is 82.5 Å². The summed E-state index contributed by atoms with van der Waals surface area (Å²) < 4.78 is 42.1. The zero-order chi connectivity index (χ0) is 17.6. The van der Waals surface area contributed by atoms with Crippen LogP contribution in [0.5, 0.6) is 0 Å². The van der Waals surface area contributed by atoms with E-state index in [0.29, 0.717) is 5.52 Å². The van der Waals surface area contributed by atoms with Crippen molar-refractivity contribution in [1.82, 2.24) is 24.7 Å². The number of thiazole rings is 1. The molecule has 0 amide bonds. The molecule has 4 rings (SSSR count). The summed E-state index contributed by atoms with van der Waals surface area (Å²) >= 11 is 1.12. The van der Waals surface area contributed by atoms with Gasteiger partial charge in [-0.15, -0.1) is 11.3 Å². The van der Waals surface area contributed by atoms with Gasteiger partial charge in [0.15, 0.2) is 5.69 Å². The highest BCUT2D eigenvalue weighted by Crippen LogP contribution is 2.42. The number of nitrogen functional groups attached to an aromatic ring is 1. The minimum Gasteiger partial charge on any atom is -0.383 e. The number of alkyl halides is 3. The lowest BCUT2D eigenvalue weighted by atomic mass is 10.2. The number of fused-ring (bicyclic) bond motifs is 1. The Kier molecular flexibility index (Phi) is 3.42. The molecule has 0 aliphatic heterocycles. The fourth-order valence-electron chi connectivity index (χ4n) is 2.37. The molecule has 1 aromatic carbocycles. The standard InChI is InChI=1S/C15H9F3N6S/c16-15(17,18)11-10(13-22-8-4-1-2-5-9(8)25-13)12(19)24(23-11)14-20-6-3-7-21-14/h1-7H,19H2. The third-order valence-corrected chi connectivity index (χ3v) is 4.49. The Morgan fingerprint density at radius 3 is 2.44 bits per heavy atom. The maximum atomic E-state index is 13.5. The maximum absolute atomic E-state index is 13.5. The molecule has 0 saturated heterocycles. The number of rotatable bonds is 2. The second-order valence-corrected chi connectivity index (χ2v) is 6.08. The van der Waals surface area contributed by atoms with Gasteiger partial charge in [-0.1, -0.05) is 12.1 Å². The van der Waals surface area contributed by atoms with Crippen molar-refractivity contribution in [2.45, 2.75) is 6.18 Å². The lowest BCUT2D eigenvalue weighted by molar-refractivity contribution is -0.140. The number of para-hydroxylation sites is 1. The zero-order valence-corrected chi connectivity index (χ0v) is 13.2. The molecule has 0 saturated carbocycles. The largest absolute Gasteiger partial charge is 0.435 e. The summed E-state index contributed by atoms with van der Waals surface area (Å²) in [4.78, 5) is 12.1. The Bertz CT molecular complexity index is 1020. The number of anilines is 1. The van der Waals surface area contributed by atoms with Crippen LogP contribution in [0.4, 0.5) is 19.0 Å². The van der Waals surface area contributed by atoms with Gasteiger partial charge in [-0.25, -0.2) is 15.0 Å². The zero-order valence-electron chi connectivity index (χ0n) is 12.4. The van der Waals surface area contributed by atoms with E-state index in [9.17, 15) is 13.2 Å². The predicted octanol–water partition coefficient (Wildman–Crippen LogP) is 3.54. The van der Waals surface area contributed by atoms with Gasteiger partial charge in [-0.05, 0) is 18.2 Å². The fraction of sp³-hybridized carbons (Fsp3) is 0.0667. The molecule has 0 unspecified atom stereocenters. The van der Waals surface area contributed by atoms with Gasteiger partial charge in [0.1, 0.15) is 10.8 Å². The Morgan fingerprint density at radius 2 is 1.76 bits per heavy atom. The predicted molar refractivity (Wildman–Crippen MR) is 87.2 cm³/mol. The minimum atomic E-state index is -4.69. The molecular formula is C15H9F3N6S. The van der Waals surface area contributed by atoms with E-state index in [4.69, 9.17) is 5.73 Å². The van der Waals surface area contributed by atoms with E-state index in [-0.39, 0.29) is 22.3 Å². The molecule has 0 bridgehead atoms. The van der Waals surface area contributed by atoms with Gasteiger partial charge in [0.25, 0.3) is 5.95 Å². The first kappa shape index (κ1) is 15.5. The van der Waals surface area contributed by atoms with Crippen LogP contribution in [-0.2, 0) is 6.18 Å². The molecule has 4 aromatic rings. The van der Waals surface area contributed by atoms with Crippen LogP contribution in [0.15, 0.2) is 42.7 Å². The Balaban J connectivity index is 1.98. The van der Waals surface area contributed by atoms with Crippen molar-refractivity contribution in [1.29, 1.82) is 0 Å². The first-order valence-corrected chi connectivity index (χ1v) is 7.86. The molecular weight excluding hydrogens is 353 g/mol. The van der Waals surface area contributed by atoms with Gasteiger partial charge in [-0.2, -0.15) is 23.0 Å². The number of hydrogen-bond donors (Lipinski definition) is 1. The number of halogens is 3. The molecule has 0 spiro atoms. The molecule has 126 valence electrons. The first-order chi connectivity index (χ1) is 11.9. The van der Waals surface area contributed by atoms with Crippen LogP contribution in [-0.4, -0.2) is 24.7 Å². The highest BCUT2D eigenvalue weighted by Gasteiger charge is 2.40. The molecule has 2 N–H and O–H groups in total. The number of hydrogen-bond acceptors (Lipinski definition) is 6. The second-order valence-electron chi connectivity index (χ2n) is 5.05. The van der Waals surface area contributed by atoms with E-state index in [1.807, 2.05) is 0 Å². The SMILES string of the molecule is Nc1c(-c2nc3ccccc3s2)c(C(F)(F)F)nn1-c1ncccn1. The average Bonchev–Trinajstić information content (AvgIpc) is 3.15. The smallest absolute Gasteiger partial charge is 0.383 e. The molecule has 0 atom stereocenters. The molecule has 0 radical (unpaired) electrons. The number of benzene rings is 1. The van der Waals surface area contributed by atoms with Gasteiger partial charge in [-0.3, -0.25) is 0 Å². The molecule has 0 aliphatic rings. The van der Waals surface area contributed by atoms with Gasteiger partial charge in [0.05, 0.1) is 15.8 Å². The number of nitrogens with zero attached hydrogens (tertiary/aromatic N) is 5. The van der Waals surface area contributed by atoms with Crippen LogP contribution in [0, 0.1) is 0 Å². The van der Waals surface area contributed by atoms with E-state index in [1.165, 1.54) is 12.4 Å². The molecule has 6 nitrogen and oxygen atoms in total. The van der Waals surface area contributed by atoms with Crippen LogP contribution in [0.1, 0.15) is 5.69 Å². The highest BCUT2D eigenvalue weighted by atomic mass is 32.1. The summed E-state index contributed by atoms with van der Waals surface area (Å²) in [5.74, 6) is -0.254. The Morgan fingerprint density at radius 1 is 1.04 bits per heavy atom. The average molecular weight is 362 g/mol. The molecule has 10 heteroatoms. The van der Waals surface area contributed by atoms with Crippen LogP contribution < -0.4 is 5.73 Å². The van der Waals surface area contributed by atoms with Crippen LogP contribution in [0.2, 0.25) is 0 Å². The lowest BCUT2D eigenvalue weighted by Gasteiger charge is -2.03. The van der Waals surface area contributed by atoms with E-state index < -0.39 is 11.9 Å². The van der Waals surface area contributed by atoms with Crippen LogP contribution >= 0.6 is 11.3 Å². The summed E-state index contributed by atoms with van der Waals surface area (Å²) in [6.45, 7) is 0. The maximum Gasteiger partial charge on any atom is 0.435 e. The van der Waals surface area contributed by atoms with Crippen molar-refractivity contribution >= 4 is 27.4 Å². The van der Waals surface area contributed by atoms with Crippen molar-refractivity contribution < 1.29 is 13.2 Å². The van der Waals surface area contributed by atoms with Crippen molar-refractivity contribution in [2.75, 3.05) is 5.73 Å². The normalized spacial score (nSPS) is 12.0. The summed E-state index contributed by atoms with van der Waals surface area (Å²) in [6, 6.07) is 8.61. The van der Waals surface area contributed by atoms with Crippen molar-refractivity contribution in [3.8, 4) is 16.5 Å². The molecule has 0 aliphatic carbocycles. The van der Waals surface area contributed by atoms with Crippen molar-refractivity contribution in [2.24, 2.45) is 0 Å². The van der Waals surface area contributed by atoms with Gasteiger partial charge >= 0.3 is 6.18 Å². The van der Waals surface area contributed by atoms with Crippen molar-refractivity contribution in [3.05, 3.63) is 48.4 Å². The monoisotopic (exact) mass is 362 g/mol. The Labute approximate surface area is 142 Å². The van der Waals surface area contributed by atoms with Gasteiger partial charge < -0.3 is 5.73 Å². The van der Waals surface area contributed by atoms with Crippen LogP contribution in [0.25, 0.3) is 26.7 Å². The second kappa shape index (κ2) is 5.52. The first-order valence-electron chi connectivity index (χ1n) is 7.04. The summed E-state index contributed by atoms with van der Waals surface area (Å²) in [6.07, 6.45) is -1.90. The number of nitrogens with two attached hydrogens (primary N) is 1. The number of aromatic nitrogens is 5. The Hall–Kier alpha value is -3.01. The molecule has 3 heterocycles. The van der Waals surface area contributed by atoms with Crippen molar-refractivity contribution in [3.63, 3.8) is 0 Å². The molecule has 3 aromatic heterocycles. The van der Waals surface area contributed by atoms with E-state index >= 15 is 0 Å². The summed E-state index contributed by atoms with van der Waals surface area (Å²) in [7, 11) is 0. The molecule has 0 fully saturated rings. The highest BCUT2D eigenvalue weighted by molar-refractivity contribution is 7.21. The van der Waals surface area contributed by atoms with E-state index in [1.54, 1.807) is 30.3 Å². The fourth-order valence-corrected chi connectivity index (χ4v) is 3.39. The quantitative estimate of drug-likeness (QED) is 0.590. The third-order valence-electron chi connectivity index (χ3n) is 3.44. The van der Waals surface area contributed by atoms with Gasteiger partial charge in [0, 0.05) is 12.4 Å². The third kappa shape index (κ3) is 2.60. The van der Waals surface area contributed by atoms with Gasteiger partial charge in [0.2, 0.25) is 0 Å².